The lowest BCUT2D eigenvalue weighted by Crippen LogP contribution is -2.40. The molecule has 2 heterocycles. The summed E-state index contributed by atoms with van der Waals surface area (Å²) in [6, 6.07) is 12.6. The second-order valence-corrected chi connectivity index (χ2v) is 8.61. The fourth-order valence-electron chi connectivity index (χ4n) is 3.75. The Balaban J connectivity index is 1.80. The van der Waals surface area contributed by atoms with Gasteiger partial charge in [0.15, 0.2) is 4.80 Å². The van der Waals surface area contributed by atoms with E-state index in [4.69, 9.17) is 14.6 Å². The predicted molar refractivity (Wildman–Crippen MR) is 131 cm³/mol. The number of methoxy groups -OCH3 is 1. The van der Waals surface area contributed by atoms with Gasteiger partial charge < -0.3 is 19.9 Å². The van der Waals surface area contributed by atoms with E-state index in [1.54, 1.807) is 63.6 Å². The normalized spacial score (nSPS) is 15.3. The number of carbonyl (C=O) groups excluding carboxylic acids is 1. The van der Waals surface area contributed by atoms with Crippen LogP contribution >= 0.6 is 11.3 Å². The van der Waals surface area contributed by atoms with Crippen molar-refractivity contribution in [3.8, 4) is 5.75 Å². The number of hydrogen-bond acceptors (Lipinski definition) is 8. The molecule has 0 aliphatic carbocycles. The maximum absolute atomic E-state index is 13.5. The van der Waals surface area contributed by atoms with Crippen molar-refractivity contribution in [1.82, 2.24) is 4.57 Å². The highest BCUT2D eigenvalue weighted by Crippen LogP contribution is 2.31. The van der Waals surface area contributed by atoms with Crippen LogP contribution in [-0.4, -0.2) is 35.3 Å². The molecule has 0 radical (unpaired) electrons. The summed E-state index contributed by atoms with van der Waals surface area (Å²) in [7, 11) is 1.56. The van der Waals surface area contributed by atoms with E-state index >= 15 is 0 Å². The summed E-state index contributed by atoms with van der Waals surface area (Å²) in [4.78, 5) is 42.4. The first-order valence-corrected chi connectivity index (χ1v) is 11.6. The highest BCUT2D eigenvalue weighted by Gasteiger charge is 2.33. The molecule has 1 aromatic heterocycles. The number of carbonyl (C=O) groups is 2. The van der Waals surface area contributed by atoms with Gasteiger partial charge in [0.2, 0.25) is 0 Å². The van der Waals surface area contributed by atoms with Crippen molar-refractivity contribution in [2.75, 3.05) is 19.0 Å². The summed E-state index contributed by atoms with van der Waals surface area (Å²) in [5, 5.41) is 12.1. The topological polar surface area (TPSA) is 119 Å². The van der Waals surface area contributed by atoms with Gasteiger partial charge in [-0.2, -0.15) is 0 Å². The van der Waals surface area contributed by atoms with Gasteiger partial charge in [0, 0.05) is 11.9 Å². The lowest BCUT2D eigenvalue weighted by atomic mass is 9.96. The molecule has 1 aliphatic rings. The molecule has 4 rings (SSSR count). The van der Waals surface area contributed by atoms with Gasteiger partial charge in [-0.25, -0.2) is 14.6 Å². The van der Waals surface area contributed by atoms with Gasteiger partial charge in [-0.05, 0) is 55.8 Å². The standard InChI is InChI=1S/C25H23N3O6S/c1-4-34-24(32)20-14(2)27-25-28(21(20)15-7-11-18(33-3)12-8-15)22(29)19(35-25)13-26-17-9-5-16(6-10-17)23(30)31/h5-13,21,26H,4H2,1-3H3,(H,30,31)/b19-13-/t21-/m1/s1. The van der Waals surface area contributed by atoms with E-state index in [0.717, 1.165) is 0 Å². The van der Waals surface area contributed by atoms with Crippen LogP contribution in [0.3, 0.4) is 0 Å². The molecule has 1 atom stereocenters. The zero-order chi connectivity index (χ0) is 25.1. The molecule has 35 heavy (non-hydrogen) atoms. The molecule has 3 aromatic rings. The molecule has 2 N–H and O–H groups in total. The Labute approximate surface area is 204 Å². The van der Waals surface area contributed by atoms with Gasteiger partial charge >= 0.3 is 11.9 Å². The van der Waals surface area contributed by atoms with E-state index in [0.29, 0.717) is 37.6 Å². The lowest BCUT2D eigenvalue weighted by molar-refractivity contribution is -0.139. The Hall–Kier alpha value is -4.18. The number of aromatic nitrogens is 1. The van der Waals surface area contributed by atoms with Gasteiger partial charge in [0.25, 0.3) is 5.56 Å². The maximum Gasteiger partial charge on any atom is 0.338 e. The van der Waals surface area contributed by atoms with Gasteiger partial charge in [0.05, 0.1) is 36.6 Å². The fourth-order valence-corrected chi connectivity index (χ4v) is 4.72. The SMILES string of the molecule is CCOC(=O)C1=C(C)N=c2s/c(=C\Nc3ccc(C(=O)O)cc3)c(=O)n2[C@@H]1c1ccc(OC)cc1. The first-order valence-electron chi connectivity index (χ1n) is 10.8. The van der Waals surface area contributed by atoms with E-state index in [9.17, 15) is 14.4 Å². The van der Waals surface area contributed by atoms with Crippen molar-refractivity contribution in [1.29, 1.82) is 0 Å². The monoisotopic (exact) mass is 493 g/mol. The van der Waals surface area contributed by atoms with Crippen LogP contribution in [0.25, 0.3) is 6.20 Å². The van der Waals surface area contributed by atoms with Gasteiger partial charge in [-0.1, -0.05) is 23.5 Å². The van der Waals surface area contributed by atoms with Crippen LogP contribution in [-0.2, 0) is 9.53 Å². The predicted octanol–water partition coefficient (Wildman–Crippen LogP) is 2.53. The molecule has 0 saturated carbocycles. The Kier molecular flexibility index (Phi) is 6.83. The number of esters is 1. The second kappa shape index (κ2) is 9.98. The third-order valence-corrected chi connectivity index (χ3v) is 6.43. The highest BCUT2D eigenvalue weighted by atomic mass is 32.1. The fraction of sp³-hybridized carbons (Fsp3) is 0.200. The molecule has 0 bridgehead atoms. The summed E-state index contributed by atoms with van der Waals surface area (Å²) in [5.74, 6) is -0.894. The average molecular weight is 494 g/mol. The molecule has 10 heteroatoms. The smallest absolute Gasteiger partial charge is 0.338 e. The molecule has 0 unspecified atom stereocenters. The van der Waals surface area contributed by atoms with Crippen LogP contribution in [0.5, 0.6) is 5.75 Å². The number of anilines is 1. The largest absolute Gasteiger partial charge is 0.497 e. The third kappa shape index (κ3) is 4.73. The number of nitrogens with zero attached hydrogens (tertiary/aromatic N) is 2. The minimum absolute atomic E-state index is 0.163. The van der Waals surface area contributed by atoms with Crippen molar-refractivity contribution in [3.63, 3.8) is 0 Å². The average Bonchev–Trinajstić information content (AvgIpc) is 3.16. The number of hydrogen-bond donors (Lipinski definition) is 2. The van der Waals surface area contributed by atoms with Crippen molar-refractivity contribution in [2.45, 2.75) is 19.9 Å². The summed E-state index contributed by atoms with van der Waals surface area (Å²) < 4.78 is 12.4. The van der Waals surface area contributed by atoms with E-state index in [1.807, 2.05) is 0 Å². The first kappa shape index (κ1) is 24.0. The molecule has 9 nitrogen and oxygen atoms in total. The van der Waals surface area contributed by atoms with Crippen LogP contribution in [0, 0.1) is 0 Å². The third-order valence-electron chi connectivity index (χ3n) is 5.45. The summed E-state index contributed by atoms with van der Waals surface area (Å²) in [5.41, 5.74) is 1.96. The molecule has 0 spiro atoms. The number of nitrogens with one attached hydrogen (secondary N) is 1. The van der Waals surface area contributed by atoms with E-state index < -0.39 is 18.0 Å². The number of carboxylic acid groups (broad SMARTS) is 1. The van der Waals surface area contributed by atoms with E-state index in [1.165, 1.54) is 28.0 Å². The van der Waals surface area contributed by atoms with E-state index in [2.05, 4.69) is 10.3 Å². The quantitative estimate of drug-likeness (QED) is 0.486. The molecule has 0 fully saturated rings. The van der Waals surface area contributed by atoms with Crippen LogP contribution in [0.1, 0.15) is 35.8 Å². The Bertz CT molecular complexity index is 1480. The molecule has 0 amide bonds. The summed E-state index contributed by atoms with van der Waals surface area (Å²) >= 11 is 1.19. The van der Waals surface area contributed by atoms with Gasteiger partial charge in [-0.15, -0.1) is 0 Å². The number of thiazole rings is 1. The zero-order valence-corrected chi connectivity index (χ0v) is 20.1. The zero-order valence-electron chi connectivity index (χ0n) is 19.3. The van der Waals surface area contributed by atoms with Crippen LogP contribution in [0.2, 0.25) is 0 Å². The number of rotatable bonds is 7. The first-order chi connectivity index (χ1) is 16.8. The van der Waals surface area contributed by atoms with Crippen LogP contribution in [0.4, 0.5) is 5.69 Å². The number of ether oxygens (including phenoxy) is 2. The number of carboxylic acids is 1. The minimum Gasteiger partial charge on any atom is -0.497 e. The maximum atomic E-state index is 13.5. The minimum atomic E-state index is -1.02. The molecule has 0 saturated heterocycles. The van der Waals surface area contributed by atoms with Crippen molar-refractivity contribution >= 4 is 35.2 Å². The summed E-state index contributed by atoms with van der Waals surface area (Å²) in [6.45, 7) is 3.64. The number of fused-ring (bicyclic) bond motifs is 1. The molecule has 1 aliphatic heterocycles. The highest BCUT2D eigenvalue weighted by molar-refractivity contribution is 7.07. The summed E-state index contributed by atoms with van der Waals surface area (Å²) in [6.07, 6.45) is 1.55. The van der Waals surface area contributed by atoms with Gasteiger partial charge in [0.1, 0.15) is 10.3 Å². The van der Waals surface area contributed by atoms with Crippen LogP contribution in [0.15, 0.2) is 69.6 Å². The Morgan fingerprint density at radius 2 is 1.86 bits per heavy atom. The van der Waals surface area contributed by atoms with Crippen molar-refractivity contribution in [3.05, 3.63) is 90.6 Å². The molecular weight excluding hydrogens is 470 g/mol. The Morgan fingerprint density at radius 3 is 2.46 bits per heavy atom. The van der Waals surface area contributed by atoms with Crippen LogP contribution < -0.4 is 24.9 Å². The van der Waals surface area contributed by atoms with E-state index in [-0.39, 0.29) is 17.7 Å². The molecular formula is C25H23N3O6S. The molecule has 2 aromatic carbocycles. The van der Waals surface area contributed by atoms with Gasteiger partial charge in [-0.3, -0.25) is 9.36 Å². The lowest BCUT2D eigenvalue weighted by Gasteiger charge is -2.24. The molecule has 180 valence electrons. The Morgan fingerprint density at radius 1 is 1.17 bits per heavy atom. The second-order valence-electron chi connectivity index (χ2n) is 7.60. The number of allylic oxidation sites excluding steroid dienone is 1. The van der Waals surface area contributed by atoms with Crippen molar-refractivity contribution < 1.29 is 24.2 Å². The number of benzene rings is 2. The number of aromatic carboxylic acids is 1. The van der Waals surface area contributed by atoms with Crippen molar-refractivity contribution in [2.24, 2.45) is 4.99 Å².